The van der Waals surface area contributed by atoms with Crippen LogP contribution in [0.25, 0.3) is 0 Å². The summed E-state index contributed by atoms with van der Waals surface area (Å²) in [5.74, 6) is -0.761. The van der Waals surface area contributed by atoms with Crippen molar-refractivity contribution in [3.8, 4) is 5.75 Å². The van der Waals surface area contributed by atoms with E-state index in [1.165, 1.54) is 14.2 Å². The molecule has 0 fully saturated rings. The highest BCUT2D eigenvalue weighted by Crippen LogP contribution is 2.19. The molecule has 32 heavy (non-hydrogen) atoms. The number of carbonyl (C=O) groups excluding carboxylic acids is 3. The van der Waals surface area contributed by atoms with E-state index in [-0.39, 0.29) is 18.9 Å². The van der Waals surface area contributed by atoms with E-state index >= 15 is 0 Å². The van der Waals surface area contributed by atoms with Crippen molar-refractivity contribution in [3.63, 3.8) is 0 Å². The summed E-state index contributed by atoms with van der Waals surface area (Å²) in [6.07, 6.45) is -0.548. The predicted octanol–water partition coefficient (Wildman–Crippen LogP) is 2.85. The molecule has 2 atom stereocenters. The van der Waals surface area contributed by atoms with Gasteiger partial charge in [0.1, 0.15) is 24.4 Å². The first-order chi connectivity index (χ1) is 15.3. The summed E-state index contributed by atoms with van der Waals surface area (Å²) in [6.45, 7) is 3.65. The Bertz CT molecular complexity index is 900. The zero-order chi connectivity index (χ0) is 23.5. The van der Waals surface area contributed by atoms with Crippen LogP contribution in [0.5, 0.6) is 5.75 Å². The number of hydrogen-bond donors (Lipinski definition) is 2. The first kappa shape index (κ1) is 24.7. The molecule has 0 saturated carbocycles. The van der Waals surface area contributed by atoms with Gasteiger partial charge in [0.05, 0.1) is 14.2 Å². The summed E-state index contributed by atoms with van der Waals surface area (Å²) >= 11 is 0. The predicted molar refractivity (Wildman–Crippen MR) is 119 cm³/mol. The van der Waals surface area contributed by atoms with Crippen LogP contribution in [0.4, 0.5) is 4.79 Å². The number of amides is 2. The van der Waals surface area contributed by atoms with Crippen LogP contribution in [0.15, 0.2) is 54.6 Å². The summed E-state index contributed by atoms with van der Waals surface area (Å²) in [6, 6.07) is 14.6. The van der Waals surface area contributed by atoms with E-state index in [0.29, 0.717) is 5.75 Å². The van der Waals surface area contributed by atoms with Crippen LogP contribution in [0.2, 0.25) is 0 Å². The van der Waals surface area contributed by atoms with E-state index in [1.54, 1.807) is 26.0 Å². The maximum absolute atomic E-state index is 12.9. The largest absolute Gasteiger partial charge is 0.496 e. The molecule has 2 N–H and O–H groups in total. The van der Waals surface area contributed by atoms with Gasteiger partial charge in [-0.1, -0.05) is 62.4 Å². The van der Waals surface area contributed by atoms with Gasteiger partial charge < -0.3 is 24.8 Å². The van der Waals surface area contributed by atoms with Gasteiger partial charge in [0.25, 0.3) is 0 Å². The standard InChI is InChI=1S/C24H30N2O6/c1-16(2)21(26-24(29)32-15-17-10-6-5-7-11-17)22(27)25-19(23(28)31-4)14-18-12-8-9-13-20(18)30-3/h5-13,16,19,21H,14-15H2,1-4H3,(H,25,27)(H,26,29)/t19-,21+/m1/s1. The first-order valence-electron chi connectivity index (χ1n) is 10.3. The van der Waals surface area contributed by atoms with Crippen LogP contribution in [0.1, 0.15) is 25.0 Å². The van der Waals surface area contributed by atoms with Crippen molar-refractivity contribution < 1.29 is 28.6 Å². The van der Waals surface area contributed by atoms with Gasteiger partial charge in [-0.2, -0.15) is 0 Å². The molecule has 0 bridgehead atoms. The number of esters is 1. The van der Waals surface area contributed by atoms with Crippen molar-refractivity contribution >= 4 is 18.0 Å². The summed E-state index contributed by atoms with van der Waals surface area (Å²) in [5, 5.41) is 5.27. The van der Waals surface area contributed by atoms with Crippen LogP contribution < -0.4 is 15.4 Å². The average Bonchev–Trinajstić information content (AvgIpc) is 2.80. The highest BCUT2D eigenvalue weighted by atomic mass is 16.5. The second-order valence-corrected chi connectivity index (χ2v) is 7.53. The van der Waals surface area contributed by atoms with Crippen LogP contribution in [-0.4, -0.2) is 44.3 Å². The van der Waals surface area contributed by atoms with Crippen molar-refractivity contribution in [1.82, 2.24) is 10.6 Å². The van der Waals surface area contributed by atoms with Gasteiger partial charge in [0.2, 0.25) is 5.91 Å². The Balaban J connectivity index is 2.05. The van der Waals surface area contributed by atoms with Crippen molar-refractivity contribution in [2.75, 3.05) is 14.2 Å². The van der Waals surface area contributed by atoms with E-state index in [1.807, 2.05) is 42.5 Å². The number of methoxy groups -OCH3 is 2. The highest BCUT2D eigenvalue weighted by Gasteiger charge is 2.30. The second kappa shape index (κ2) is 12.3. The van der Waals surface area contributed by atoms with Gasteiger partial charge in [-0.3, -0.25) is 4.79 Å². The Kier molecular flexibility index (Phi) is 9.53. The molecule has 0 radical (unpaired) electrons. The lowest BCUT2D eigenvalue weighted by Crippen LogP contribution is -2.54. The van der Waals surface area contributed by atoms with Crippen LogP contribution in [0, 0.1) is 5.92 Å². The summed E-state index contributed by atoms with van der Waals surface area (Å²) in [5.41, 5.74) is 1.57. The molecular formula is C24H30N2O6. The van der Waals surface area contributed by atoms with E-state index < -0.39 is 30.1 Å². The number of rotatable bonds is 10. The lowest BCUT2D eigenvalue weighted by molar-refractivity contribution is -0.145. The molecule has 172 valence electrons. The Hall–Kier alpha value is -3.55. The van der Waals surface area contributed by atoms with Crippen LogP contribution in [0.3, 0.4) is 0 Å². The van der Waals surface area contributed by atoms with Crippen LogP contribution in [-0.2, 0) is 32.1 Å². The third-order valence-electron chi connectivity index (χ3n) is 4.85. The topological polar surface area (TPSA) is 103 Å². The SMILES string of the molecule is COC(=O)[C@@H](Cc1ccccc1OC)NC(=O)[C@@H](NC(=O)OCc1ccccc1)C(C)C. The number of para-hydroxylation sites is 1. The van der Waals surface area contributed by atoms with Crippen molar-refractivity contribution in [2.45, 2.75) is 39.0 Å². The van der Waals surface area contributed by atoms with Crippen LogP contribution >= 0.6 is 0 Å². The summed E-state index contributed by atoms with van der Waals surface area (Å²) in [4.78, 5) is 37.5. The minimum atomic E-state index is -0.952. The van der Waals surface area contributed by atoms with Gasteiger partial charge in [0, 0.05) is 6.42 Å². The minimum absolute atomic E-state index is 0.0810. The fourth-order valence-corrected chi connectivity index (χ4v) is 3.12. The zero-order valence-corrected chi connectivity index (χ0v) is 18.8. The Labute approximate surface area is 188 Å². The quantitative estimate of drug-likeness (QED) is 0.549. The molecule has 0 heterocycles. The number of benzene rings is 2. The van der Waals surface area contributed by atoms with E-state index in [4.69, 9.17) is 14.2 Å². The number of carbonyl (C=O) groups is 3. The molecular weight excluding hydrogens is 412 g/mol. The number of alkyl carbamates (subject to hydrolysis) is 1. The minimum Gasteiger partial charge on any atom is -0.496 e. The second-order valence-electron chi connectivity index (χ2n) is 7.53. The molecule has 2 aromatic rings. The first-order valence-corrected chi connectivity index (χ1v) is 10.3. The fraction of sp³-hybridized carbons (Fsp3) is 0.375. The summed E-state index contributed by atoms with van der Waals surface area (Å²) in [7, 11) is 2.78. The van der Waals surface area contributed by atoms with Gasteiger partial charge in [-0.15, -0.1) is 0 Å². The molecule has 2 amide bonds. The van der Waals surface area contributed by atoms with Crippen molar-refractivity contribution in [1.29, 1.82) is 0 Å². The molecule has 2 aromatic carbocycles. The average molecular weight is 443 g/mol. The number of ether oxygens (including phenoxy) is 3. The van der Waals surface area contributed by atoms with Gasteiger partial charge >= 0.3 is 12.1 Å². The third kappa shape index (κ3) is 7.30. The fourth-order valence-electron chi connectivity index (χ4n) is 3.12. The van der Waals surface area contributed by atoms with E-state index in [0.717, 1.165) is 11.1 Å². The molecule has 0 aliphatic rings. The third-order valence-corrected chi connectivity index (χ3v) is 4.85. The molecule has 8 nitrogen and oxygen atoms in total. The molecule has 2 rings (SSSR count). The number of nitrogens with one attached hydrogen (secondary N) is 2. The lowest BCUT2D eigenvalue weighted by Gasteiger charge is -2.24. The van der Waals surface area contributed by atoms with Crippen molar-refractivity contribution in [2.24, 2.45) is 5.92 Å². The van der Waals surface area contributed by atoms with E-state index in [2.05, 4.69) is 10.6 Å². The van der Waals surface area contributed by atoms with Crippen molar-refractivity contribution in [3.05, 3.63) is 65.7 Å². The van der Waals surface area contributed by atoms with Gasteiger partial charge in [-0.05, 0) is 23.1 Å². The molecule has 0 unspecified atom stereocenters. The zero-order valence-electron chi connectivity index (χ0n) is 18.8. The Morgan fingerprint density at radius 3 is 2.19 bits per heavy atom. The normalized spacial score (nSPS) is 12.4. The maximum atomic E-state index is 12.9. The molecule has 0 saturated heterocycles. The van der Waals surface area contributed by atoms with Gasteiger partial charge in [-0.25, -0.2) is 9.59 Å². The smallest absolute Gasteiger partial charge is 0.408 e. The van der Waals surface area contributed by atoms with E-state index in [9.17, 15) is 14.4 Å². The maximum Gasteiger partial charge on any atom is 0.408 e. The molecule has 0 aromatic heterocycles. The highest BCUT2D eigenvalue weighted by molar-refractivity contribution is 5.90. The molecule has 0 aliphatic heterocycles. The molecule has 0 spiro atoms. The summed E-state index contributed by atoms with van der Waals surface area (Å²) < 4.78 is 15.4. The Morgan fingerprint density at radius 2 is 1.56 bits per heavy atom. The lowest BCUT2D eigenvalue weighted by atomic mass is 10.0. The Morgan fingerprint density at radius 1 is 0.906 bits per heavy atom. The monoisotopic (exact) mass is 442 g/mol. The molecule has 0 aliphatic carbocycles. The molecule has 8 heteroatoms. The number of hydrogen-bond acceptors (Lipinski definition) is 6. The van der Waals surface area contributed by atoms with Gasteiger partial charge in [0.15, 0.2) is 0 Å².